The number of carbonyl (C=O) groups is 1. The third kappa shape index (κ3) is 4.57. The van der Waals surface area contributed by atoms with Crippen molar-refractivity contribution < 1.29 is 9.53 Å². The van der Waals surface area contributed by atoms with E-state index in [-0.39, 0.29) is 11.9 Å². The van der Waals surface area contributed by atoms with Gasteiger partial charge < -0.3 is 9.64 Å². The van der Waals surface area contributed by atoms with E-state index >= 15 is 0 Å². The van der Waals surface area contributed by atoms with Gasteiger partial charge in [0, 0.05) is 12.6 Å². The van der Waals surface area contributed by atoms with Gasteiger partial charge in [0.05, 0.1) is 13.0 Å². The minimum Gasteiger partial charge on any atom is -0.469 e. The monoisotopic (exact) mass is 289 g/mol. The fourth-order valence-corrected chi connectivity index (χ4v) is 3.28. The lowest BCUT2D eigenvalue weighted by Crippen LogP contribution is -2.37. The molecule has 3 heteroatoms. The van der Waals surface area contributed by atoms with Crippen LogP contribution in [-0.2, 0) is 9.53 Å². The summed E-state index contributed by atoms with van der Waals surface area (Å²) in [7, 11) is 3.62. The predicted octanol–water partition coefficient (Wildman–Crippen LogP) is 3.60. The Morgan fingerprint density at radius 2 is 1.81 bits per heavy atom. The van der Waals surface area contributed by atoms with Gasteiger partial charge >= 0.3 is 5.97 Å². The molecule has 0 aliphatic heterocycles. The molecule has 1 saturated carbocycles. The first kappa shape index (κ1) is 16.0. The second-order valence-electron chi connectivity index (χ2n) is 6.07. The van der Waals surface area contributed by atoms with Crippen LogP contribution in [0.25, 0.3) is 0 Å². The second kappa shape index (κ2) is 8.18. The Morgan fingerprint density at radius 1 is 1.19 bits per heavy atom. The zero-order valence-corrected chi connectivity index (χ0v) is 13.3. The van der Waals surface area contributed by atoms with E-state index in [0.717, 1.165) is 12.1 Å². The van der Waals surface area contributed by atoms with Gasteiger partial charge in [-0.05, 0) is 25.5 Å². The van der Waals surface area contributed by atoms with Crippen LogP contribution in [0.1, 0.15) is 50.0 Å². The maximum Gasteiger partial charge on any atom is 0.314 e. The molecule has 0 heterocycles. The maximum atomic E-state index is 12.1. The molecule has 1 aromatic rings. The smallest absolute Gasteiger partial charge is 0.314 e. The second-order valence-corrected chi connectivity index (χ2v) is 6.07. The lowest BCUT2D eigenvalue weighted by Gasteiger charge is -2.30. The van der Waals surface area contributed by atoms with Gasteiger partial charge in [-0.2, -0.15) is 0 Å². The van der Waals surface area contributed by atoms with Crippen molar-refractivity contribution in [1.82, 2.24) is 4.90 Å². The fraction of sp³-hybridized carbons (Fsp3) is 0.611. The van der Waals surface area contributed by atoms with Crippen molar-refractivity contribution in [3.05, 3.63) is 35.9 Å². The van der Waals surface area contributed by atoms with Gasteiger partial charge in [-0.1, -0.05) is 56.0 Å². The van der Waals surface area contributed by atoms with E-state index < -0.39 is 0 Å². The molecule has 0 N–H and O–H groups in total. The van der Waals surface area contributed by atoms with E-state index in [0.29, 0.717) is 6.04 Å². The molecule has 1 aliphatic carbocycles. The summed E-state index contributed by atoms with van der Waals surface area (Å²) in [4.78, 5) is 14.5. The Bertz CT molecular complexity index is 424. The number of nitrogens with zero attached hydrogens (tertiary/aromatic N) is 1. The standard InChI is InChI=1S/C18H27NO2/c1-19(16-12-8-3-4-9-13-16)14-17(18(20)21-2)15-10-6-5-7-11-15/h5-7,10-11,16-17H,3-4,8-9,12-14H2,1-2H3. The molecule has 1 fully saturated rings. The minimum absolute atomic E-state index is 0.137. The number of methoxy groups -OCH3 is 1. The van der Waals surface area contributed by atoms with Crippen molar-refractivity contribution in [3.8, 4) is 0 Å². The zero-order valence-electron chi connectivity index (χ0n) is 13.3. The zero-order chi connectivity index (χ0) is 15.1. The van der Waals surface area contributed by atoms with Gasteiger partial charge in [0.2, 0.25) is 0 Å². The molecule has 0 aromatic heterocycles. The maximum absolute atomic E-state index is 12.1. The van der Waals surface area contributed by atoms with Gasteiger partial charge in [-0.15, -0.1) is 0 Å². The number of likely N-dealkylation sites (N-methyl/N-ethyl adjacent to an activating group) is 1. The number of rotatable bonds is 5. The first-order chi connectivity index (χ1) is 10.2. The van der Waals surface area contributed by atoms with E-state index in [1.54, 1.807) is 0 Å². The summed E-state index contributed by atoms with van der Waals surface area (Å²) in [6, 6.07) is 10.6. The molecule has 1 aliphatic rings. The highest BCUT2D eigenvalue weighted by molar-refractivity contribution is 5.78. The summed E-state index contributed by atoms with van der Waals surface area (Å²) in [5.41, 5.74) is 1.05. The molecule has 21 heavy (non-hydrogen) atoms. The highest BCUT2D eigenvalue weighted by Crippen LogP contribution is 2.24. The molecule has 0 bridgehead atoms. The van der Waals surface area contributed by atoms with Crippen LogP contribution in [0.4, 0.5) is 0 Å². The van der Waals surface area contributed by atoms with Crippen LogP contribution in [0.15, 0.2) is 30.3 Å². The molecule has 1 aromatic carbocycles. The number of esters is 1. The van der Waals surface area contributed by atoms with Crippen LogP contribution in [0.5, 0.6) is 0 Å². The quantitative estimate of drug-likeness (QED) is 0.613. The van der Waals surface area contributed by atoms with Gasteiger partial charge in [0.25, 0.3) is 0 Å². The Kier molecular flexibility index (Phi) is 6.24. The number of benzene rings is 1. The van der Waals surface area contributed by atoms with Crippen LogP contribution in [0.3, 0.4) is 0 Å². The third-order valence-corrected chi connectivity index (χ3v) is 4.61. The highest BCUT2D eigenvalue weighted by atomic mass is 16.5. The number of ether oxygens (including phenoxy) is 1. The molecule has 0 radical (unpaired) electrons. The number of hydrogen-bond donors (Lipinski definition) is 0. The van der Waals surface area contributed by atoms with Gasteiger partial charge in [-0.3, -0.25) is 4.79 Å². The first-order valence-corrected chi connectivity index (χ1v) is 8.05. The molecular formula is C18H27NO2. The minimum atomic E-state index is -0.190. The molecule has 116 valence electrons. The summed E-state index contributed by atoms with van der Waals surface area (Å²) in [5.74, 6) is -0.328. The molecule has 1 unspecified atom stereocenters. The number of hydrogen-bond acceptors (Lipinski definition) is 3. The summed E-state index contributed by atoms with van der Waals surface area (Å²) in [6.45, 7) is 0.737. The average molecular weight is 289 g/mol. The molecule has 2 rings (SSSR count). The fourth-order valence-electron chi connectivity index (χ4n) is 3.28. The lowest BCUT2D eigenvalue weighted by molar-refractivity contribution is -0.143. The van der Waals surface area contributed by atoms with Crippen molar-refractivity contribution in [2.75, 3.05) is 20.7 Å². The Morgan fingerprint density at radius 3 is 2.38 bits per heavy atom. The van der Waals surface area contributed by atoms with E-state index in [4.69, 9.17) is 4.74 Å². The molecule has 0 spiro atoms. The Balaban J connectivity index is 2.05. The van der Waals surface area contributed by atoms with Gasteiger partial charge in [-0.25, -0.2) is 0 Å². The van der Waals surface area contributed by atoms with Crippen molar-refractivity contribution in [2.45, 2.75) is 50.5 Å². The summed E-state index contributed by atoms with van der Waals surface area (Å²) < 4.78 is 5.01. The van der Waals surface area contributed by atoms with Crippen LogP contribution < -0.4 is 0 Å². The third-order valence-electron chi connectivity index (χ3n) is 4.61. The van der Waals surface area contributed by atoms with E-state index in [1.165, 1.54) is 45.6 Å². The topological polar surface area (TPSA) is 29.5 Å². The SMILES string of the molecule is COC(=O)C(CN(C)C1CCCCCC1)c1ccccc1. The molecule has 1 atom stereocenters. The highest BCUT2D eigenvalue weighted by Gasteiger charge is 2.26. The molecular weight excluding hydrogens is 262 g/mol. The van der Waals surface area contributed by atoms with Crippen molar-refractivity contribution in [1.29, 1.82) is 0 Å². The first-order valence-electron chi connectivity index (χ1n) is 8.05. The summed E-state index contributed by atoms with van der Waals surface area (Å²) >= 11 is 0. The largest absolute Gasteiger partial charge is 0.469 e. The van der Waals surface area contributed by atoms with E-state index in [2.05, 4.69) is 11.9 Å². The van der Waals surface area contributed by atoms with E-state index in [9.17, 15) is 4.79 Å². The van der Waals surface area contributed by atoms with Crippen molar-refractivity contribution in [2.24, 2.45) is 0 Å². The Labute approximate surface area is 128 Å². The predicted molar refractivity (Wildman–Crippen MR) is 85.3 cm³/mol. The van der Waals surface area contributed by atoms with Gasteiger partial charge in [0.1, 0.15) is 0 Å². The Hall–Kier alpha value is -1.35. The van der Waals surface area contributed by atoms with E-state index in [1.807, 2.05) is 30.3 Å². The number of carbonyl (C=O) groups excluding carboxylic acids is 1. The summed E-state index contributed by atoms with van der Waals surface area (Å²) in [5, 5.41) is 0. The van der Waals surface area contributed by atoms with Crippen LogP contribution in [-0.4, -0.2) is 37.6 Å². The van der Waals surface area contributed by atoms with Crippen LogP contribution in [0.2, 0.25) is 0 Å². The molecule has 0 saturated heterocycles. The normalized spacial score (nSPS) is 18.2. The lowest BCUT2D eigenvalue weighted by atomic mass is 9.97. The van der Waals surface area contributed by atoms with Gasteiger partial charge in [0.15, 0.2) is 0 Å². The van der Waals surface area contributed by atoms with Crippen molar-refractivity contribution >= 4 is 5.97 Å². The molecule has 0 amide bonds. The molecule has 3 nitrogen and oxygen atoms in total. The summed E-state index contributed by atoms with van der Waals surface area (Å²) in [6.07, 6.45) is 7.82. The average Bonchev–Trinajstić information content (AvgIpc) is 2.82. The van der Waals surface area contributed by atoms with Crippen molar-refractivity contribution in [3.63, 3.8) is 0 Å². The van der Waals surface area contributed by atoms with Crippen LogP contribution >= 0.6 is 0 Å². The van der Waals surface area contributed by atoms with Crippen LogP contribution in [0, 0.1) is 0 Å².